The molecule has 2 aliphatic rings. The van der Waals surface area contributed by atoms with Gasteiger partial charge < -0.3 is 0 Å². The highest BCUT2D eigenvalue weighted by molar-refractivity contribution is 6.29. The summed E-state index contributed by atoms with van der Waals surface area (Å²) in [6.07, 6.45) is 12.1. The minimum Gasteiger partial charge on any atom is -0.289 e. The van der Waals surface area contributed by atoms with Gasteiger partial charge in [-0.3, -0.25) is 9.59 Å². The monoisotopic (exact) mass is 730 g/mol. The molecule has 0 N–H and O–H groups in total. The highest BCUT2D eigenvalue weighted by Crippen LogP contribution is 2.46. The number of rotatable bonds is 12. The van der Waals surface area contributed by atoms with Crippen LogP contribution in [0.1, 0.15) is 112 Å². The van der Waals surface area contributed by atoms with Crippen molar-refractivity contribution in [1.29, 1.82) is 0 Å². The molecular weight excluding hydrogens is 681 g/mol. The summed E-state index contributed by atoms with van der Waals surface area (Å²) in [7, 11) is 0. The Hall–Kier alpha value is -5.70. The largest absolute Gasteiger partial charge is 0.289 e. The average Bonchev–Trinajstić information content (AvgIpc) is 3.24. The molecule has 0 amide bonds. The van der Waals surface area contributed by atoms with E-state index in [9.17, 15) is 9.59 Å². The Morgan fingerprint density at radius 1 is 0.464 bits per heavy atom. The van der Waals surface area contributed by atoms with E-state index < -0.39 is 0 Å². The van der Waals surface area contributed by atoms with E-state index in [1.165, 1.54) is 62.5 Å². The van der Waals surface area contributed by atoms with E-state index >= 15 is 0 Å². The van der Waals surface area contributed by atoms with Crippen LogP contribution in [-0.4, -0.2) is 0 Å². The molecule has 278 valence electrons. The minimum atomic E-state index is -0.0407. The SMILES string of the molecule is CCCCC(CC)Cc1ccc(C#Cc2cc3c4c5c2cccc5c(=O)c2cc(C#Cc5ccc(CC(CC)CCCC)cc5)c5cccc(c3=O)c5c2-4)cc1. The predicted octanol–water partition coefficient (Wildman–Crippen LogP) is 12.8. The molecule has 0 bridgehead atoms. The second-order valence-electron chi connectivity index (χ2n) is 15.9. The third-order valence-electron chi connectivity index (χ3n) is 12.3. The van der Waals surface area contributed by atoms with Gasteiger partial charge in [-0.15, -0.1) is 0 Å². The first-order valence-electron chi connectivity index (χ1n) is 20.9. The van der Waals surface area contributed by atoms with Gasteiger partial charge >= 0.3 is 0 Å². The van der Waals surface area contributed by atoms with E-state index in [-0.39, 0.29) is 10.9 Å². The molecule has 6 aromatic carbocycles. The van der Waals surface area contributed by atoms with Gasteiger partial charge in [0.05, 0.1) is 0 Å². The van der Waals surface area contributed by atoms with Gasteiger partial charge in [-0.05, 0) is 83.0 Å². The lowest BCUT2D eigenvalue weighted by Gasteiger charge is -2.22. The van der Waals surface area contributed by atoms with Gasteiger partial charge in [-0.2, -0.15) is 0 Å². The van der Waals surface area contributed by atoms with Crippen LogP contribution < -0.4 is 10.9 Å². The Balaban J connectivity index is 1.20. The molecule has 0 aliphatic heterocycles. The van der Waals surface area contributed by atoms with E-state index in [4.69, 9.17) is 0 Å². The molecule has 6 aromatic rings. The quantitative estimate of drug-likeness (QED) is 0.0712. The van der Waals surface area contributed by atoms with Gasteiger partial charge in [0.2, 0.25) is 0 Å². The van der Waals surface area contributed by atoms with Gasteiger partial charge in [0.25, 0.3) is 0 Å². The fourth-order valence-electron chi connectivity index (χ4n) is 8.98. The van der Waals surface area contributed by atoms with E-state index in [0.29, 0.717) is 33.4 Å². The van der Waals surface area contributed by atoms with Crippen LogP contribution in [0.25, 0.3) is 54.2 Å². The van der Waals surface area contributed by atoms with Crippen molar-refractivity contribution in [2.24, 2.45) is 11.8 Å². The molecule has 56 heavy (non-hydrogen) atoms. The third-order valence-corrected chi connectivity index (χ3v) is 12.3. The van der Waals surface area contributed by atoms with Crippen molar-refractivity contribution in [3.05, 3.63) is 151 Å². The highest BCUT2D eigenvalue weighted by Gasteiger charge is 2.27. The number of benzene rings is 8. The number of hydrogen-bond donors (Lipinski definition) is 0. The first-order valence-corrected chi connectivity index (χ1v) is 20.9. The Labute approximate surface area is 331 Å². The highest BCUT2D eigenvalue weighted by atomic mass is 16.1. The molecule has 0 fully saturated rings. The van der Waals surface area contributed by atoms with Crippen LogP contribution in [0.5, 0.6) is 0 Å². The first-order chi connectivity index (χ1) is 27.4. The van der Waals surface area contributed by atoms with Crippen molar-refractivity contribution in [3.8, 4) is 34.8 Å². The van der Waals surface area contributed by atoms with Gasteiger partial charge in [0.15, 0.2) is 10.9 Å². The van der Waals surface area contributed by atoms with Gasteiger partial charge in [0, 0.05) is 65.7 Å². The standard InChI is InChI=1S/C54H50O2/c1-5-9-13-35(7-3)31-39-23-19-37(20-24-39)27-29-41-33-47-51-49-43(41)15-11-17-45(49)54(56)48-34-42(44-16-12-18-46(53(47)55)50(44)52(48)51)30-28-38-21-25-40(26-22-38)32-36(8-4)14-10-6-2/h11-12,15-26,33-36H,5-10,13-14,31-32H2,1-4H3. The van der Waals surface area contributed by atoms with Crippen LogP contribution in [0.2, 0.25) is 0 Å². The maximum Gasteiger partial charge on any atom is 0.194 e. The lowest BCUT2D eigenvalue weighted by molar-refractivity contribution is 0.449. The second kappa shape index (κ2) is 16.2. The molecule has 0 spiro atoms. The molecule has 0 saturated heterocycles. The molecule has 2 atom stereocenters. The fourth-order valence-corrected chi connectivity index (χ4v) is 8.98. The molecule has 0 aromatic heterocycles. The van der Waals surface area contributed by atoms with Gasteiger partial charge in [-0.1, -0.05) is 163 Å². The molecule has 0 radical (unpaired) electrons. The Morgan fingerprint density at radius 2 is 0.857 bits per heavy atom. The summed E-state index contributed by atoms with van der Waals surface area (Å²) in [6, 6.07) is 32.9. The summed E-state index contributed by atoms with van der Waals surface area (Å²) < 4.78 is 0. The van der Waals surface area contributed by atoms with E-state index in [2.05, 4.69) is 99.9 Å². The summed E-state index contributed by atoms with van der Waals surface area (Å²) in [5.74, 6) is 15.0. The summed E-state index contributed by atoms with van der Waals surface area (Å²) in [5, 5.41) is 5.87. The Morgan fingerprint density at radius 3 is 1.23 bits per heavy atom. The van der Waals surface area contributed by atoms with Crippen molar-refractivity contribution in [2.75, 3.05) is 0 Å². The molecule has 8 rings (SSSR count). The summed E-state index contributed by atoms with van der Waals surface area (Å²) in [6.45, 7) is 9.09. The van der Waals surface area contributed by atoms with Gasteiger partial charge in [0.1, 0.15) is 0 Å². The third kappa shape index (κ3) is 6.99. The van der Waals surface area contributed by atoms with Crippen molar-refractivity contribution >= 4 is 43.1 Å². The van der Waals surface area contributed by atoms with Gasteiger partial charge in [-0.25, -0.2) is 0 Å². The van der Waals surface area contributed by atoms with Crippen molar-refractivity contribution < 1.29 is 0 Å². The molecule has 2 heteroatoms. The predicted molar refractivity (Wildman–Crippen MR) is 238 cm³/mol. The molecule has 2 nitrogen and oxygen atoms in total. The first kappa shape index (κ1) is 37.2. The molecule has 2 aliphatic carbocycles. The van der Waals surface area contributed by atoms with E-state index in [0.717, 1.165) is 67.8 Å². The lowest BCUT2D eigenvalue weighted by Crippen LogP contribution is -2.14. The Bertz CT molecular complexity index is 2640. The van der Waals surface area contributed by atoms with Crippen LogP contribution in [0.4, 0.5) is 0 Å². The molecular formula is C54H50O2. The van der Waals surface area contributed by atoms with Crippen LogP contribution >= 0.6 is 0 Å². The summed E-state index contributed by atoms with van der Waals surface area (Å²) in [4.78, 5) is 29.0. The van der Waals surface area contributed by atoms with Crippen LogP contribution in [0.3, 0.4) is 0 Å². The van der Waals surface area contributed by atoms with Crippen LogP contribution in [0, 0.1) is 35.5 Å². The zero-order valence-corrected chi connectivity index (χ0v) is 33.3. The molecule has 0 saturated carbocycles. The Kier molecular flexibility index (Phi) is 10.8. The number of unbranched alkanes of at least 4 members (excludes halogenated alkanes) is 2. The zero-order valence-electron chi connectivity index (χ0n) is 33.3. The number of hydrogen-bond acceptors (Lipinski definition) is 2. The maximum absolute atomic E-state index is 14.5. The molecule has 2 unspecified atom stereocenters. The minimum absolute atomic E-state index is 0.0407. The van der Waals surface area contributed by atoms with Crippen molar-refractivity contribution in [3.63, 3.8) is 0 Å². The fraction of sp³-hybridized carbons (Fsp3) is 0.296. The zero-order chi connectivity index (χ0) is 38.8. The maximum atomic E-state index is 14.5. The summed E-state index contributed by atoms with van der Waals surface area (Å²) >= 11 is 0. The lowest BCUT2D eigenvalue weighted by atomic mass is 9.79. The summed E-state index contributed by atoms with van der Waals surface area (Å²) in [5.41, 5.74) is 7.69. The topological polar surface area (TPSA) is 34.1 Å². The van der Waals surface area contributed by atoms with Crippen LogP contribution in [-0.2, 0) is 12.8 Å². The van der Waals surface area contributed by atoms with Crippen molar-refractivity contribution in [1.82, 2.24) is 0 Å². The second-order valence-corrected chi connectivity index (χ2v) is 15.9. The van der Waals surface area contributed by atoms with E-state index in [1.54, 1.807) is 0 Å². The van der Waals surface area contributed by atoms with E-state index in [1.807, 2.05) is 48.5 Å². The molecule has 0 heterocycles. The average molecular weight is 731 g/mol. The van der Waals surface area contributed by atoms with Crippen LogP contribution in [0.15, 0.2) is 107 Å². The van der Waals surface area contributed by atoms with Crippen molar-refractivity contribution in [2.45, 2.75) is 91.9 Å². The smallest absolute Gasteiger partial charge is 0.194 e. The normalized spacial score (nSPS) is 12.7.